The Labute approximate surface area is 65.2 Å². The average molecular weight is 143 g/mol. The fourth-order valence-corrected chi connectivity index (χ4v) is 1.19. The molecular weight excluding hydrogens is 122 g/mol. The number of unbranched alkanes of at least 4 members (excludes halogenated alkanes) is 1. The van der Waals surface area contributed by atoms with E-state index >= 15 is 0 Å². The second-order valence-corrected chi connectivity index (χ2v) is 2.81. The molecule has 0 aromatic carbocycles. The van der Waals surface area contributed by atoms with Crippen LogP contribution in [-0.4, -0.2) is 12.6 Å². The number of hydrogen-bond donors (Lipinski definition) is 1. The van der Waals surface area contributed by atoms with E-state index in [0.717, 1.165) is 12.6 Å². The highest BCUT2D eigenvalue weighted by atomic mass is 14.9. The Balaban J connectivity index is 3.21. The van der Waals surface area contributed by atoms with Gasteiger partial charge in [-0.25, -0.2) is 0 Å². The minimum Gasteiger partial charge on any atom is -0.314 e. The van der Waals surface area contributed by atoms with Gasteiger partial charge in [0.05, 0.1) is 0 Å². The first-order chi connectivity index (χ1) is 4.85. The van der Waals surface area contributed by atoms with E-state index in [9.17, 15) is 0 Å². The van der Waals surface area contributed by atoms with Crippen molar-refractivity contribution < 1.29 is 0 Å². The molecule has 0 bridgehead atoms. The average Bonchev–Trinajstić information content (AvgIpc) is 1.98. The lowest BCUT2D eigenvalue weighted by Crippen LogP contribution is -2.27. The molecule has 0 radical (unpaired) electrons. The van der Waals surface area contributed by atoms with Gasteiger partial charge in [0.1, 0.15) is 0 Å². The second-order valence-electron chi connectivity index (χ2n) is 2.81. The van der Waals surface area contributed by atoms with Crippen LogP contribution in [0.15, 0.2) is 0 Å². The van der Waals surface area contributed by atoms with E-state index < -0.39 is 0 Å². The molecule has 0 aliphatic carbocycles. The quantitative estimate of drug-likeness (QED) is 0.602. The summed E-state index contributed by atoms with van der Waals surface area (Å²) in [7, 11) is 0. The maximum absolute atomic E-state index is 3.47. The van der Waals surface area contributed by atoms with Gasteiger partial charge in [-0.1, -0.05) is 33.6 Å². The van der Waals surface area contributed by atoms with Crippen LogP contribution in [0.1, 0.15) is 46.5 Å². The molecule has 1 nitrogen and oxygen atoms in total. The summed E-state index contributed by atoms with van der Waals surface area (Å²) in [5.74, 6) is 0. The van der Waals surface area contributed by atoms with Crippen molar-refractivity contribution in [3.05, 3.63) is 0 Å². The van der Waals surface area contributed by atoms with E-state index in [1.54, 1.807) is 0 Å². The molecule has 1 unspecified atom stereocenters. The van der Waals surface area contributed by atoms with E-state index in [-0.39, 0.29) is 0 Å². The van der Waals surface area contributed by atoms with Gasteiger partial charge < -0.3 is 5.32 Å². The van der Waals surface area contributed by atoms with Crippen molar-refractivity contribution in [2.24, 2.45) is 0 Å². The highest BCUT2D eigenvalue weighted by molar-refractivity contribution is 4.62. The third-order valence-corrected chi connectivity index (χ3v) is 1.89. The van der Waals surface area contributed by atoms with Crippen LogP contribution in [0.25, 0.3) is 0 Å². The number of hydrogen-bond acceptors (Lipinski definition) is 1. The van der Waals surface area contributed by atoms with Crippen molar-refractivity contribution in [1.82, 2.24) is 5.32 Å². The third kappa shape index (κ3) is 4.80. The maximum Gasteiger partial charge on any atom is 0.00643 e. The van der Waals surface area contributed by atoms with Crippen LogP contribution in [-0.2, 0) is 0 Å². The van der Waals surface area contributed by atoms with Crippen molar-refractivity contribution in [3.63, 3.8) is 0 Å². The summed E-state index contributed by atoms with van der Waals surface area (Å²) in [5, 5.41) is 3.47. The molecule has 62 valence electrons. The molecular formula is C9H21N. The first-order valence-electron chi connectivity index (χ1n) is 4.58. The molecule has 0 spiro atoms. The monoisotopic (exact) mass is 143 g/mol. The molecule has 10 heavy (non-hydrogen) atoms. The molecule has 1 N–H and O–H groups in total. The van der Waals surface area contributed by atoms with E-state index in [0.29, 0.717) is 0 Å². The van der Waals surface area contributed by atoms with Crippen molar-refractivity contribution in [3.8, 4) is 0 Å². The van der Waals surface area contributed by atoms with Crippen molar-refractivity contribution in [2.45, 2.75) is 52.5 Å². The Hall–Kier alpha value is -0.0400. The molecule has 0 heterocycles. The molecule has 1 heteroatoms. The molecule has 0 aromatic heterocycles. The normalized spacial score (nSPS) is 13.5. The van der Waals surface area contributed by atoms with Gasteiger partial charge in [0, 0.05) is 6.04 Å². The van der Waals surface area contributed by atoms with Crippen LogP contribution in [0, 0.1) is 0 Å². The number of rotatable bonds is 6. The van der Waals surface area contributed by atoms with Crippen LogP contribution in [0.3, 0.4) is 0 Å². The Morgan fingerprint density at radius 1 is 1.20 bits per heavy atom. The molecule has 0 fully saturated rings. The molecule has 0 saturated heterocycles. The molecule has 0 aromatic rings. The highest BCUT2D eigenvalue weighted by Crippen LogP contribution is 2.02. The lowest BCUT2D eigenvalue weighted by atomic mass is 10.1. The van der Waals surface area contributed by atoms with Crippen LogP contribution in [0.4, 0.5) is 0 Å². The van der Waals surface area contributed by atoms with E-state index in [1.807, 2.05) is 0 Å². The summed E-state index contributed by atoms with van der Waals surface area (Å²) in [6.45, 7) is 7.79. The van der Waals surface area contributed by atoms with E-state index in [1.165, 1.54) is 25.7 Å². The van der Waals surface area contributed by atoms with Gasteiger partial charge in [0.25, 0.3) is 0 Å². The first kappa shape index (κ1) is 9.96. The van der Waals surface area contributed by atoms with Gasteiger partial charge in [-0.15, -0.1) is 0 Å². The van der Waals surface area contributed by atoms with Crippen LogP contribution < -0.4 is 5.32 Å². The zero-order chi connectivity index (χ0) is 7.82. The molecule has 0 saturated carbocycles. The summed E-state index contributed by atoms with van der Waals surface area (Å²) in [6, 6.07) is 0.768. The van der Waals surface area contributed by atoms with E-state index in [2.05, 4.69) is 26.1 Å². The zero-order valence-electron chi connectivity index (χ0n) is 7.61. The van der Waals surface area contributed by atoms with Crippen LogP contribution in [0.5, 0.6) is 0 Å². The van der Waals surface area contributed by atoms with Gasteiger partial charge in [-0.05, 0) is 19.4 Å². The smallest absolute Gasteiger partial charge is 0.00643 e. The minimum atomic E-state index is 0.768. The maximum atomic E-state index is 3.47. The summed E-state index contributed by atoms with van der Waals surface area (Å²) in [4.78, 5) is 0. The number of nitrogens with one attached hydrogen (secondary N) is 1. The Bertz CT molecular complexity index is 61.7. The minimum absolute atomic E-state index is 0.768. The fourth-order valence-electron chi connectivity index (χ4n) is 1.19. The molecule has 0 amide bonds. The van der Waals surface area contributed by atoms with Gasteiger partial charge in [0.15, 0.2) is 0 Å². The van der Waals surface area contributed by atoms with Crippen LogP contribution in [0.2, 0.25) is 0 Å². The SMILES string of the molecule is CCCCC(CC)NCC. The Kier molecular flexibility index (Phi) is 7.04. The van der Waals surface area contributed by atoms with Crippen molar-refractivity contribution >= 4 is 0 Å². The first-order valence-corrected chi connectivity index (χ1v) is 4.58. The molecule has 0 aliphatic heterocycles. The third-order valence-electron chi connectivity index (χ3n) is 1.89. The Morgan fingerprint density at radius 3 is 2.30 bits per heavy atom. The molecule has 0 aliphatic rings. The topological polar surface area (TPSA) is 12.0 Å². The molecule has 1 atom stereocenters. The second kappa shape index (κ2) is 7.07. The standard InChI is InChI=1S/C9H21N/c1-4-7-8-9(5-2)10-6-3/h9-10H,4-8H2,1-3H3. The summed E-state index contributed by atoms with van der Waals surface area (Å²) >= 11 is 0. The zero-order valence-corrected chi connectivity index (χ0v) is 7.61. The Morgan fingerprint density at radius 2 is 1.90 bits per heavy atom. The van der Waals surface area contributed by atoms with Crippen LogP contribution >= 0.6 is 0 Å². The lowest BCUT2D eigenvalue weighted by molar-refractivity contribution is 0.464. The molecule has 0 rings (SSSR count). The highest BCUT2D eigenvalue weighted by Gasteiger charge is 2.01. The van der Waals surface area contributed by atoms with Gasteiger partial charge in [0.2, 0.25) is 0 Å². The largest absolute Gasteiger partial charge is 0.314 e. The summed E-state index contributed by atoms with van der Waals surface area (Å²) in [6.07, 6.45) is 5.31. The van der Waals surface area contributed by atoms with Crippen molar-refractivity contribution in [2.75, 3.05) is 6.54 Å². The van der Waals surface area contributed by atoms with Gasteiger partial charge in [-0.3, -0.25) is 0 Å². The predicted molar refractivity (Wildman–Crippen MR) is 47.3 cm³/mol. The van der Waals surface area contributed by atoms with Gasteiger partial charge in [-0.2, -0.15) is 0 Å². The fraction of sp³-hybridized carbons (Fsp3) is 1.00. The van der Waals surface area contributed by atoms with Crippen molar-refractivity contribution in [1.29, 1.82) is 0 Å². The summed E-state index contributed by atoms with van der Waals surface area (Å²) in [5.41, 5.74) is 0. The van der Waals surface area contributed by atoms with E-state index in [4.69, 9.17) is 0 Å². The summed E-state index contributed by atoms with van der Waals surface area (Å²) < 4.78 is 0. The predicted octanol–water partition coefficient (Wildman–Crippen LogP) is 2.56. The van der Waals surface area contributed by atoms with Gasteiger partial charge >= 0.3 is 0 Å². The lowest BCUT2D eigenvalue weighted by Gasteiger charge is -2.14.